The Morgan fingerprint density at radius 3 is 2.26 bits per heavy atom. The first-order valence-corrected chi connectivity index (χ1v) is 7.32. The molecule has 1 aromatic carbocycles. The molecular weight excluding hydrogens is 310 g/mol. The van der Waals surface area contributed by atoms with Gasteiger partial charge in [-0.25, -0.2) is 0 Å². The summed E-state index contributed by atoms with van der Waals surface area (Å²) in [6.07, 6.45) is 1.75. The fourth-order valence-corrected chi connectivity index (χ4v) is 3.66. The monoisotopic (exact) mass is 323 g/mol. The predicted octanol–water partition coefficient (Wildman–Crippen LogP) is 1.96. The van der Waals surface area contributed by atoms with Crippen LogP contribution < -0.4 is 0 Å². The lowest BCUT2D eigenvalue weighted by atomic mass is 9.91. The highest BCUT2D eigenvalue weighted by Crippen LogP contribution is 2.34. The molecule has 2 aliphatic rings. The second kappa shape index (κ2) is 4.72. The number of alkyl halides is 1. The number of aliphatic hydroxyl groups is 1. The first-order chi connectivity index (χ1) is 9.11. The Bertz CT molecular complexity index is 510. The van der Waals surface area contributed by atoms with Gasteiger partial charge in [0.05, 0.1) is 28.1 Å². The number of rotatable bonds is 1. The van der Waals surface area contributed by atoms with Crippen molar-refractivity contribution in [2.24, 2.45) is 0 Å². The van der Waals surface area contributed by atoms with Gasteiger partial charge in [-0.2, -0.15) is 0 Å². The fourth-order valence-electron chi connectivity index (χ4n) is 2.89. The Kier molecular flexibility index (Phi) is 3.19. The van der Waals surface area contributed by atoms with Gasteiger partial charge in [0.15, 0.2) is 0 Å². The lowest BCUT2D eigenvalue weighted by Gasteiger charge is -2.36. The summed E-state index contributed by atoms with van der Waals surface area (Å²) in [5.74, 6) is -0.492. The molecule has 1 aromatic rings. The van der Waals surface area contributed by atoms with Gasteiger partial charge in [0.1, 0.15) is 0 Å². The van der Waals surface area contributed by atoms with Gasteiger partial charge in [0.2, 0.25) is 0 Å². The van der Waals surface area contributed by atoms with Crippen molar-refractivity contribution in [3.05, 3.63) is 35.4 Å². The quantitative estimate of drug-likeness (QED) is 0.635. The summed E-state index contributed by atoms with van der Waals surface area (Å²) < 4.78 is 0. The van der Waals surface area contributed by atoms with Crippen LogP contribution in [0, 0.1) is 0 Å². The molecular formula is C14H14BrNO3. The van der Waals surface area contributed by atoms with E-state index in [0.717, 1.165) is 12.8 Å². The van der Waals surface area contributed by atoms with Gasteiger partial charge in [-0.15, -0.1) is 0 Å². The zero-order chi connectivity index (χ0) is 13.6. The van der Waals surface area contributed by atoms with Crippen LogP contribution in [0.15, 0.2) is 24.3 Å². The molecule has 1 saturated carbocycles. The van der Waals surface area contributed by atoms with Crippen molar-refractivity contribution >= 4 is 27.7 Å². The molecule has 1 heterocycles. The largest absolute Gasteiger partial charge is 0.392 e. The Morgan fingerprint density at radius 1 is 1.11 bits per heavy atom. The number of fused-ring (bicyclic) bond motifs is 1. The Morgan fingerprint density at radius 2 is 1.68 bits per heavy atom. The van der Waals surface area contributed by atoms with E-state index in [1.807, 2.05) is 0 Å². The molecule has 19 heavy (non-hydrogen) atoms. The first kappa shape index (κ1) is 12.8. The summed E-state index contributed by atoms with van der Waals surface area (Å²) in [7, 11) is 0. The number of halogens is 1. The predicted molar refractivity (Wildman–Crippen MR) is 73.3 cm³/mol. The van der Waals surface area contributed by atoms with E-state index >= 15 is 0 Å². The minimum Gasteiger partial charge on any atom is -0.392 e. The van der Waals surface area contributed by atoms with Gasteiger partial charge in [-0.05, 0) is 31.4 Å². The molecule has 1 N–H and O–H groups in total. The minimum absolute atomic E-state index is 0.246. The van der Waals surface area contributed by atoms with Gasteiger partial charge in [-0.3, -0.25) is 14.5 Å². The molecule has 3 unspecified atom stereocenters. The highest BCUT2D eigenvalue weighted by atomic mass is 79.9. The van der Waals surface area contributed by atoms with Crippen LogP contribution in [0.2, 0.25) is 0 Å². The third-order valence-corrected chi connectivity index (χ3v) is 5.11. The van der Waals surface area contributed by atoms with E-state index in [2.05, 4.69) is 15.9 Å². The molecule has 0 spiro atoms. The van der Waals surface area contributed by atoms with Crippen LogP contribution in [0.25, 0.3) is 0 Å². The molecule has 1 aliphatic heterocycles. The van der Waals surface area contributed by atoms with Gasteiger partial charge in [-0.1, -0.05) is 28.1 Å². The van der Waals surface area contributed by atoms with E-state index in [0.29, 0.717) is 17.5 Å². The highest BCUT2D eigenvalue weighted by molar-refractivity contribution is 9.09. The van der Waals surface area contributed by atoms with Crippen LogP contribution in [0.3, 0.4) is 0 Å². The van der Waals surface area contributed by atoms with E-state index in [9.17, 15) is 14.7 Å². The number of amides is 2. The number of carbonyl (C=O) groups is 2. The Balaban J connectivity index is 1.95. The number of hydrogen-bond acceptors (Lipinski definition) is 3. The fraction of sp³-hybridized carbons (Fsp3) is 0.429. The van der Waals surface area contributed by atoms with Crippen molar-refractivity contribution in [3.8, 4) is 0 Å². The average molecular weight is 324 g/mol. The van der Waals surface area contributed by atoms with E-state index in [1.165, 1.54) is 4.90 Å². The number of hydrogen-bond donors (Lipinski definition) is 1. The van der Waals surface area contributed by atoms with Gasteiger partial charge in [0.25, 0.3) is 11.8 Å². The van der Waals surface area contributed by atoms with E-state index < -0.39 is 6.10 Å². The van der Waals surface area contributed by atoms with Gasteiger partial charge < -0.3 is 5.11 Å². The van der Waals surface area contributed by atoms with Crippen molar-refractivity contribution in [3.63, 3.8) is 0 Å². The smallest absolute Gasteiger partial charge is 0.261 e. The van der Waals surface area contributed by atoms with Crippen LogP contribution in [-0.2, 0) is 0 Å². The molecule has 3 rings (SSSR count). The van der Waals surface area contributed by atoms with Crippen LogP contribution in [0.4, 0.5) is 0 Å². The zero-order valence-electron chi connectivity index (χ0n) is 10.3. The number of benzene rings is 1. The molecule has 4 nitrogen and oxygen atoms in total. The maximum Gasteiger partial charge on any atom is 0.261 e. The van der Waals surface area contributed by atoms with Crippen molar-refractivity contribution in [1.29, 1.82) is 0 Å². The van der Waals surface area contributed by atoms with Crippen LogP contribution in [-0.4, -0.2) is 38.8 Å². The van der Waals surface area contributed by atoms with Crippen molar-refractivity contribution < 1.29 is 14.7 Å². The lowest BCUT2D eigenvalue weighted by molar-refractivity contribution is 0.0447. The average Bonchev–Trinajstić information content (AvgIpc) is 2.67. The summed E-state index contributed by atoms with van der Waals surface area (Å²) in [4.78, 5) is 25.8. The standard InChI is InChI=1S/C14H14BrNO3/c15-12-10(6-3-7-11(12)17)16-13(18)8-4-1-2-5-9(8)14(16)19/h1-2,4-5,10-12,17H,3,6-7H2. The number of imide groups is 1. The van der Waals surface area contributed by atoms with Crippen LogP contribution in [0.1, 0.15) is 40.0 Å². The number of aliphatic hydroxyl groups excluding tert-OH is 1. The van der Waals surface area contributed by atoms with E-state index in [4.69, 9.17) is 0 Å². The molecule has 3 atom stereocenters. The normalized spacial score (nSPS) is 30.6. The van der Waals surface area contributed by atoms with Crippen molar-refractivity contribution in [2.45, 2.75) is 36.2 Å². The van der Waals surface area contributed by atoms with E-state index in [1.54, 1.807) is 24.3 Å². The summed E-state index contributed by atoms with van der Waals surface area (Å²) in [6, 6.07) is 6.61. The summed E-state index contributed by atoms with van der Waals surface area (Å²) in [5.41, 5.74) is 0.930. The third-order valence-electron chi connectivity index (χ3n) is 3.89. The maximum atomic E-state index is 12.4. The maximum absolute atomic E-state index is 12.4. The van der Waals surface area contributed by atoms with Crippen molar-refractivity contribution in [2.75, 3.05) is 0 Å². The third kappa shape index (κ3) is 1.92. The molecule has 5 heteroatoms. The summed E-state index contributed by atoms with van der Waals surface area (Å²) in [6.45, 7) is 0. The molecule has 2 amide bonds. The molecule has 0 aromatic heterocycles. The topological polar surface area (TPSA) is 57.6 Å². The Hall–Kier alpha value is -1.20. The highest BCUT2D eigenvalue weighted by Gasteiger charge is 2.44. The van der Waals surface area contributed by atoms with Crippen molar-refractivity contribution in [1.82, 2.24) is 4.90 Å². The van der Waals surface area contributed by atoms with E-state index in [-0.39, 0.29) is 22.7 Å². The molecule has 1 fully saturated rings. The van der Waals surface area contributed by atoms with Gasteiger partial charge >= 0.3 is 0 Å². The lowest BCUT2D eigenvalue weighted by Crippen LogP contribution is -2.50. The minimum atomic E-state index is -0.511. The molecule has 0 bridgehead atoms. The van der Waals surface area contributed by atoms with Crippen LogP contribution in [0.5, 0.6) is 0 Å². The number of carbonyl (C=O) groups excluding carboxylic acids is 2. The second-order valence-electron chi connectivity index (χ2n) is 5.04. The number of nitrogens with zero attached hydrogens (tertiary/aromatic N) is 1. The summed E-state index contributed by atoms with van der Waals surface area (Å²) >= 11 is 3.43. The molecule has 0 saturated heterocycles. The summed E-state index contributed by atoms with van der Waals surface area (Å²) in [5, 5.41) is 9.90. The second-order valence-corrected chi connectivity index (χ2v) is 6.09. The Labute approximate surface area is 119 Å². The molecule has 100 valence electrons. The molecule has 0 radical (unpaired) electrons. The van der Waals surface area contributed by atoms with Gasteiger partial charge in [0, 0.05) is 0 Å². The first-order valence-electron chi connectivity index (χ1n) is 6.40. The SMILES string of the molecule is O=C1c2ccccc2C(=O)N1C1CCCC(O)C1Br. The molecule has 1 aliphatic carbocycles. The van der Waals surface area contributed by atoms with Crippen LogP contribution >= 0.6 is 15.9 Å². The zero-order valence-corrected chi connectivity index (χ0v) is 11.8.